The molecule has 1 aliphatic heterocycles. The summed E-state index contributed by atoms with van der Waals surface area (Å²) < 4.78 is 27.3. The van der Waals surface area contributed by atoms with Crippen LogP contribution in [0.5, 0.6) is 0 Å². The molecule has 0 aromatic heterocycles. The predicted octanol–water partition coefficient (Wildman–Crippen LogP) is 3.86. The molecule has 6 heteroatoms. The molecule has 1 aliphatic carbocycles. The lowest BCUT2D eigenvalue weighted by Crippen LogP contribution is -2.62. The number of piperazine rings is 1. The van der Waals surface area contributed by atoms with Crippen molar-refractivity contribution in [3.05, 3.63) is 35.4 Å². The average molecular weight is 392 g/mol. The number of benzene rings is 1. The molecule has 3 rings (SSSR count). The number of carbonyl (C=O) groups excluding carboxylic acids is 2. The number of nitrogens with one attached hydrogen (secondary N) is 1. The van der Waals surface area contributed by atoms with Crippen molar-refractivity contribution in [2.45, 2.75) is 65.0 Å². The summed E-state index contributed by atoms with van der Waals surface area (Å²) in [6.07, 6.45) is 1.96. The van der Waals surface area contributed by atoms with Crippen molar-refractivity contribution in [3.63, 3.8) is 0 Å². The van der Waals surface area contributed by atoms with Gasteiger partial charge in [0.2, 0.25) is 11.8 Å². The van der Waals surface area contributed by atoms with E-state index in [1.165, 1.54) is 12.1 Å². The topological polar surface area (TPSA) is 49.4 Å². The van der Waals surface area contributed by atoms with Crippen LogP contribution in [0.2, 0.25) is 0 Å². The number of rotatable bonds is 6. The van der Waals surface area contributed by atoms with Crippen LogP contribution in [0.1, 0.15) is 58.4 Å². The molecule has 28 heavy (non-hydrogen) atoms. The van der Waals surface area contributed by atoms with E-state index in [1.54, 1.807) is 4.90 Å². The van der Waals surface area contributed by atoms with Gasteiger partial charge in [-0.25, -0.2) is 8.78 Å². The van der Waals surface area contributed by atoms with Gasteiger partial charge in [0.05, 0.1) is 0 Å². The Morgan fingerprint density at radius 2 is 1.86 bits per heavy atom. The highest BCUT2D eigenvalue weighted by Gasteiger charge is 2.50. The van der Waals surface area contributed by atoms with Crippen LogP contribution in [-0.2, 0) is 9.59 Å². The Hall–Kier alpha value is -1.98. The Labute approximate surface area is 165 Å². The lowest BCUT2D eigenvalue weighted by Gasteiger charge is -2.41. The van der Waals surface area contributed by atoms with Crippen molar-refractivity contribution >= 4 is 11.8 Å². The molecule has 4 atom stereocenters. The first-order chi connectivity index (χ1) is 13.2. The van der Waals surface area contributed by atoms with Crippen molar-refractivity contribution in [2.24, 2.45) is 17.8 Å². The number of carbonyl (C=O) groups is 2. The summed E-state index contributed by atoms with van der Waals surface area (Å²) in [7, 11) is 0. The molecule has 1 aromatic rings. The van der Waals surface area contributed by atoms with Crippen molar-refractivity contribution < 1.29 is 18.4 Å². The van der Waals surface area contributed by atoms with E-state index in [4.69, 9.17) is 0 Å². The van der Waals surface area contributed by atoms with Gasteiger partial charge in [0.1, 0.15) is 17.7 Å². The third-order valence-corrected chi connectivity index (χ3v) is 5.65. The highest BCUT2D eigenvalue weighted by atomic mass is 19.1. The molecule has 1 heterocycles. The van der Waals surface area contributed by atoms with Crippen molar-refractivity contribution in [1.82, 2.24) is 10.2 Å². The highest BCUT2D eigenvalue weighted by Crippen LogP contribution is 2.49. The quantitative estimate of drug-likeness (QED) is 0.799. The lowest BCUT2D eigenvalue weighted by atomic mass is 9.94. The Morgan fingerprint density at radius 3 is 2.46 bits per heavy atom. The Balaban J connectivity index is 1.77. The number of hydrogen-bond donors (Lipinski definition) is 1. The van der Waals surface area contributed by atoms with E-state index < -0.39 is 17.7 Å². The van der Waals surface area contributed by atoms with Gasteiger partial charge in [-0.15, -0.1) is 0 Å². The van der Waals surface area contributed by atoms with Crippen LogP contribution in [-0.4, -0.2) is 35.3 Å². The summed E-state index contributed by atoms with van der Waals surface area (Å²) in [4.78, 5) is 27.7. The maximum Gasteiger partial charge on any atom is 0.243 e. The van der Waals surface area contributed by atoms with Gasteiger partial charge in [-0.05, 0) is 48.6 Å². The van der Waals surface area contributed by atoms with E-state index in [0.717, 1.165) is 12.5 Å². The first-order valence-corrected chi connectivity index (χ1v) is 10.2. The molecule has 1 saturated carbocycles. The van der Waals surface area contributed by atoms with E-state index in [2.05, 4.69) is 19.2 Å². The molecule has 1 saturated heterocycles. The molecular weight excluding hydrogens is 362 g/mol. The SMILES string of the molecule is CC(C)C[C@H]1CN(C(=O)[C@H]2C[C@@H]2c2ccc(F)cc2F)[C@@H](CC(C)C)C(=O)N1. The van der Waals surface area contributed by atoms with E-state index in [9.17, 15) is 18.4 Å². The molecule has 2 amide bonds. The van der Waals surface area contributed by atoms with Crippen LogP contribution in [0, 0.1) is 29.4 Å². The summed E-state index contributed by atoms with van der Waals surface area (Å²) in [5.74, 6) is -1.28. The second-order valence-corrected chi connectivity index (χ2v) is 9.09. The molecule has 0 spiro atoms. The molecular formula is C22H30F2N2O2. The minimum atomic E-state index is -0.619. The molecule has 1 aromatic carbocycles. The molecule has 154 valence electrons. The zero-order valence-electron chi connectivity index (χ0n) is 17.0. The summed E-state index contributed by atoms with van der Waals surface area (Å²) in [5, 5.41) is 3.07. The van der Waals surface area contributed by atoms with Crippen LogP contribution in [0.4, 0.5) is 8.78 Å². The molecule has 1 N–H and O–H groups in total. The highest BCUT2D eigenvalue weighted by molar-refractivity contribution is 5.91. The maximum absolute atomic E-state index is 14.1. The monoisotopic (exact) mass is 392 g/mol. The fourth-order valence-corrected chi connectivity index (χ4v) is 4.30. The second kappa shape index (κ2) is 8.18. The molecule has 2 fully saturated rings. The number of halogens is 2. The van der Waals surface area contributed by atoms with Crippen LogP contribution in [0.3, 0.4) is 0 Å². The molecule has 0 unspecified atom stereocenters. The van der Waals surface area contributed by atoms with E-state index in [-0.39, 0.29) is 35.6 Å². The van der Waals surface area contributed by atoms with Crippen molar-refractivity contribution in [2.75, 3.05) is 6.54 Å². The third kappa shape index (κ3) is 4.53. The summed E-state index contributed by atoms with van der Waals surface area (Å²) in [6.45, 7) is 8.74. The van der Waals surface area contributed by atoms with Gasteiger partial charge in [-0.3, -0.25) is 9.59 Å². The van der Waals surface area contributed by atoms with Gasteiger partial charge < -0.3 is 10.2 Å². The lowest BCUT2D eigenvalue weighted by molar-refractivity contribution is -0.146. The average Bonchev–Trinajstić information content (AvgIpc) is 3.36. The van der Waals surface area contributed by atoms with Crippen LogP contribution >= 0.6 is 0 Å². The van der Waals surface area contributed by atoms with E-state index in [1.807, 2.05) is 13.8 Å². The maximum atomic E-state index is 14.1. The smallest absolute Gasteiger partial charge is 0.243 e. The molecule has 2 aliphatic rings. The van der Waals surface area contributed by atoms with Gasteiger partial charge in [0, 0.05) is 24.6 Å². The van der Waals surface area contributed by atoms with Gasteiger partial charge in [0.25, 0.3) is 0 Å². The van der Waals surface area contributed by atoms with Gasteiger partial charge in [-0.2, -0.15) is 0 Å². The minimum absolute atomic E-state index is 0.0559. The van der Waals surface area contributed by atoms with Gasteiger partial charge in [-0.1, -0.05) is 33.8 Å². The fourth-order valence-electron chi connectivity index (χ4n) is 4.30. The predicted molar refractivity (Wildman–Crippen MR) is 104 cm³/mol. The summed E-state index contributed by atoms with van der Waals surface area (Å²) >= 11 is 0. The van der Waals surface area contributed by atoms with Crippen molar-refractivity contribution in [1.29, 1.82) is 0 Å². The summed E-state index contributed by atoms with van der Waals surface area (Å²) in [6, 6.07) is 2.99. The van der Waals surface area contributed by atoms with Crippen LogP contribution in [0.25, 0.3) is 0 Å². The minimum Gasteiger partial charge on any atom is -0.350 e. The Morgan fingerprint density at radius 1 is 1.18 bits per heavy atom. The summed E-state index contributed by atoms with van der Waals surface area (Å²) in [5.41, 5.74) is 0.389. The zero-order valence-corrected chi connectivity index (χ0v) is 17.0. The first-order valence-electron chi connectivity index (χ1n) is 10.2. The normalized spacial score (nSPS) is 27.3. The fraction of sp³-hybridized carbons (Fsp3) is 0.636. The standard InChI is InChI=1S/C22H30F2N2O2/c1-12(2)7-15-11-26(20(8-13(3)4)21(27)25-15)22(28)18-10-17(18)16-6-5-14(23)9-19(16)24/h5-6,9,12-13,15,17-18,20H,7-8,10-11H2,1-4H3,(H,25,27)/t15-,17+,18-,20-/m0/s1. The number of hydrogen-bond acceptors (Lipinski definition) is 2. The molecule has 0 bridgehead atoms. The van der Waals surface area contributed by atoms with E-state index >= 15 is 0 Å². The first kappa shape index (κ1) is 20.7. The third-order valence-electron chi connectivity index (χ3n) is 5.65. The molecule has 0 radical (unpaired) electrons. The largest absolute Gasteiger partial charge is 0.350 e. The van der Waals surface area contributed by atoms with Crippen molar-refractivity contribution in [3.8, 4) is 0 Å². The van der Waals surface area contributed by atoms with Gasteiger partial charge >= 0.3 is 0 Å². The van der Waals surface area contributed by atoms with Crippen LogP contribution in [0.15, 0.2) is 18.2 Å². The second-order valence-electron chi connectivity index (χ2n) is 9.09. The van der Waals surface area contributed by atoms with Gasteiger partial charge in [0.15, 0.2) is 0 Å². The number of nitrogens with zero attached hydrogens (tertiary/aromatic N) is 1. The Bertz CT molecular complexity index is 750. The van der Waals surface area contributed by atoms with Crippen LogP contribution < -0.4 is 5.32 Å². The zero-order chi connectivity index (χ0) is 20.6. The number of amides is 2. The van der Waals surface area contributed by atoms with E-state index in [0.29, 0.717) is 30.9 Å². The Kier molecular flexibility index (Phi) is 6.06. The molecule has 4 nitrogen and oxygen atoms in total.